The lowest BCUT2D eigenvalue weighted by molar-refractivity contribution is 0.254. The maximum atomic E-state index is 3.76. The molecule has 1 nitrogen and oxygen atoms in total. The van der Waals surface area contributed by atoms with Crippen molar-refractivity contribution in [3.63, 3.8) is 0 Å². The summed E-state index contributed by atoms with van der Waals surface area (Å²) in [5, 5.41) is 3.76. The fourth-order valence-electron chi connectivity index (χ4n) is 2.94. The highest BCUT2D eigenvalue weighted by Crippen LogP contribution is 2.34. The van der Waals surface area contributed by atoms with Gasteiger partial charge in [-0.25, -0.2) is 0 Å². The number of anilines is 1. The SMILES string of the molecule is CC(C)C1CCCCC1Nc1ccc(I)cc1Br. The first-order valence-electron chi connectivity index (χ1n) is 6.79. The monoisotopic (exact) mass is 421 g/mol. The summed E-state index contributed by atoms with van der Waals surface area (Å²) in [5.74, 6) is 1.58. The lowest BCUT2D eigenvalue weighted by atomic mass is 9.78. The predicted molar refractivity (Wildman–Crippen MR) is 91.1 cm³/mol. The van der Waals surface area contributed by atoms with Gasteiger partial charge in [0.05, 0.1) is 0 Å². The molecule has 0 aromatic heterocycles. The van der Waals surface area contributed by atoms with E-state index in [0.29, 0.717) is 6.04 Å². The van der Waals surface area contributed by atoms with Crippen molar-refractivity contribution in [1.29, 1.82) is 0 Å². The molecule has 2 rings (SSSR count). The minimum absolute atomic E-state index is 0.634. The molecule has 3 heteroatoms. The summed E-state index contributed by atoms with van der Waals surface area (Å²) in [6.45, 7) is 4.71. The molecule has 0 spiro atoms. The first kappa shape index (κ1) is 14.6. The zero-order valence-corrected chi connectivity index (χ0v) is 14.8. The Hall–Kier alpha value is 0.230. The summed E-state index contributed by atoms with van der Waals surface area (Å²) < 4.78 is 2.46. The lowest BCUT2D eigenvalue weighted by Gasteiger charge is -2.35. The van der Waals surface area contributed by atoms with Gasteiger partial charge >= 0.3 is 0 Å². The number of hydrogen-bond donors (Lipinski definition) is 1. The Morgan fingerprint density at radius 1 is 1.28 bits per heavy atom. The second-order valence-corrected chi connectivity index (χ2v) is 7.67. The quantitative estimate of drug-likeness (QED) is 0.619. The van der Waals surface area contributed by atoms with Crippen LogP contribution in [0.15, 0.2) is 22.7 Å². The van der Waals surface area contributed by atoms with Crippen molar-refractivity contribution in [1.82, 2.24) is 0 Å². The smallest absolute Gasteiger partial charge is 0.0487 e. The van der Waals surface area contributed by atoms with Crippen LogP contribution in [0.3, 0.4) is 0 Å². The van der Waals surface area contributed by atoms with Gasteiger partial charge in [-0.15, -0.1) is 0 Å². The topological polar surface area (TPSA) is 12.0 Å². The van der Waals surface area contributed by atoms with E-state index in [1.54, 1.807) is 0 Å². The summed E-state index contributed by atoms with van der Waals surface area (Å²) in [4.78, 5) is 0. The first-order chi connectivity index (χ1) is 8.58. The van der Waals surface area contributed by atoms with Crippen molar-refractivity contribution >= 4 is 44.2 Å². The van der Waals surface area contributed by atoms with Crippen LogP contribution in [0, 0.1) is 15.4 Å². The third-order valence-corrected chi connectivity index (χ3v) is 5.27. The van der Waals surface area contributed by atoms with Gasteiger partial charge < -0.3 is 5.32 Å². The average Bonchev–Trinajstić information content (AvgIpc) is 2.33. The van der Waals surface area contributed by atoms with Crippen LogP contribution < -0.4 is 5.32 Å². The molecule has 2 atom stereocenters. The van der Waals surface area contributed by atoms with Gasteiger partial charge in [-0.05, 0) is 81.4 Å². The van der Waals surface area contributed by atoms with E-state index < -0.39 is 0 Å². The highest BCUT2D eigenvalue weighted by Gasteiger charge is 2.27. The van der Waals surface area contributed by atoms with Gasteiger partial charge in [-0.3, -0.25) is 0 Å². The molecular formula is C15H21BrIN. The Bertz CT molecular complexity index is 405. The molecular weight excluding hydrogens is 401 g/mol. The Labute approximate surface area is 132 Å². The molecule has 0 saturated heterocycles. The molecule has 1 aromatic rings. The van der Waals surface area contributed by atoms with Gasteiger partial charge in [0.2, 0.25) is 0 Å². The molecule has 0 aliphatic heterocycles. The highest BCUT2D eigenvalue weighted by atomic mass is 127. The van der Waals surface area contributed by atoms with Crippen molar-refractivity contribution in [2.24, 2.45) is 11.8 Å². The largest absolute Gasteiger partial charge is 0.381 e. The van der Waals surface area contributed by atoms with Crippen molar-refractivity contribution < 1.29 is 0 Å². The number of benzene rings is 1. The number of rotatable bonds is 3. The van der Waals surface area contributed by atoms with Crippen LogP contribution in [0.1, 0.15) is 39.5 Å². The molecule has 1 aromatic carbocycles. The molecule has 0 radical (unpaired) electrons. The van der Waals surface area contributed by atoms with Crippen LogP contribution in [0.4, 0.5) is 5.69 Å². The molecule has 18 heavy (non-hydrogen) atoms. The molecule has 1 aliphatic carbocycles. The lowest BCUT2D eigenvalue weighted by Crippen LogP contribution is -2.35. The van der Waals surface area contributed by atoms with Crippen LogP contribution >= 0.6 is 38.5 Å². The molecule has 1 aliphatic rings. The first-order valence-corrected chi connectivity index (χ1v) is 8.66. The maximum absolute atomic E-state index is 3.76. The summed E-state index contributed by atoms with van der Waals surface area (Å²) in [6, 6.07) is 7.17. The molecule has 0 heterocycles. The van der Waals surface area contributed by atoms with Crippen LogP contribution in [-0.4, -0.2) is 6.04 Å². The molecule has 1 N–H and O–H groups in total. The third kappa shape index (κ3) is 3.62. The fraction of sp³-hybridized carbons (Fsp3) is 0.600. The third-order valence-electron chi connectivity index (χ3n) is 3.95. The van der Waals surface area contributed by atoms with Crippen molar-refractivity contribution in [2.75, 3.05) is 5.32 Å². The van der Waals surface area contributed by atoms with Gasteiger partial charge in [0.1, 0.15) is 0 Å². The Balaban J connectivity index is 2.11. The van der Waals surface area contributed by atoms with E-state index in [1.807, 2.05) is 0 Å². The minimum Gasteiger partial charge on any atom is -0.381 e. The number of nitrogens with one attached hydrogen (secondary N) is 1. The summed E-state index contributed by atoms with van der Waals surface area (Å²) >= 11 is 6.01. The van der Waals surface area contributed by atoms with Gasteiger partial charge in [0.25, 0.3) is 0 Å². The fourth-order valence-corrected chi connectivity index (χ4v) is 4.36. The van der Waals surface area contributed by atoms with E-state index in [2.05, 4.69) is 75.9 Å². The van der Waals surface area contributed by atoms with Gasteiger partial charge in [-0.1, -0.05) is 26.7 Å². The van der Waals surface area contributed by atoms with E-state index >= 15 is 0 Å². The van der Waals surface area contributed by atoms with Crippen molar-refractivity contribution in [3.8, 4) is 0 Å². The molecule has 2 unspecified atom stereocenters. The van der Waals surface area contributed by atoms with E-state index in [-0.39, 0.29) is 0 Å². The molecule has 1 saturated carbocycles. The minimum atomic E-state index is 0.634. The Morgan fingerprint density at radius 3 is 2.67 bits per heavy atom. The molecule has 100 valence electrons. The van der Waals surface area contributed by atoms with E-state index in [1.165, 1.54) is 39.4 Å². The normalized spacial score (nSPS) is 24.3. The zero-order valence-electron chi connectivity index (χ0n) is 11.0. The Morgan fingerprint density at radius 2 is 2.00 bits per heavy atom. The molecule has 0 bridgehead atoms. The second kappa shape index (κ2) is 6.60. The highest BCUT2D eigenvalue weighted by molar-refractivity contribution is 14.1. The van der Waals surface area contributed by atoms with Gasteiger partial charge in [0.15, 0.2) is 0 Å². The van der Waals surface area contributed by atoms with E-state index in [0.717, 1.165) is 11.8 Å². The maximum Gasteiger partial charge on any atom is 0.0487 e. The van der Waals surface area contributed by atoms with Crippen LogP contribution in [0.2, 0.25) is 0 Å². The van der Waals surface area contributed by atoms with E-state index in [4.69, 9.17) is 0 Å². The predicted octanol–water partition coefficient (Wildman–Crippen LogP) is 5.68. The van der Waals surface area contributed by atoms with Crippen molar-refractivity contribution in [2.45, 2.75) is 45.6 Å². The summed E-state index contributed by atoms with van der Waals surface area (Å²) in [6.07, 6.45) is 5.44. The van der Waals surface area contributed by atoms with Crippen molar-refractivity contribution in [3.05, 3.63) is 26.2 Å². The second-order valence-electron chi connectivity index (χ2n) is 5.57. The van der Waals surface area contributed by atoms with Gasteiger partial charge in [0, 0.05) is 19.8 Å². The average molecular weight is 422 g/mol. The van der Waals surface area contributed by atoms with Crippen LogP contribution in [-0.2, 0) is 0 Å². The van der Waals surface area contributed by atoms with Gasteiger partial charge in [-0.2, -0.15) is 0 Å². The van der Waals surface area contributed by atoms with E-state index in [9.17, 15) is 0 Å². The van der Waals surface area contributed by atoms with Crippen LogP contribution in [0.5, 0.6) is 0 Å². The summed E-state index contributed by atoms with van der Waals surface area (Å²) in [7, 11) is 0. The number of hydrogen-bond acceptors (Lipinski definition) is 1. The van der Waals surface area contributed by atoms with Crippen LogP contribution in [0.25, 0.3) is 0 Å². The Kier molecular flexibility index (Phi) is 5.36. The molecule has 1 fully saturated rings. The number of halogens is 2. The zero-order chi connectivity index (χ0) is 13.1. The summed E-state index contributed by atoms with van der Waals surface area (Å²) in [5.41, 5.74) is 1.24. The molecule has 0 amide bonds. The standard InChI is InChI=1S/C15H21BrIN/c1-10(2)12-5-3-4-6-14(12)18-15-8-7-11(17)9-13(15)16/h7-10,12,14,18H,3-6H2,1-2H3.